The highest BCUT2D eigenvalue weighted by Gasteiger charge is 2.21. The fourth-order valence-electron chi connectivity index (χ4n) is 1.88. The van der Waals surface area contributed by atoms with Gasteiger partial charge in [0.1, 0.15) is 5.76 Å². The van der Waals surface area contributed by atoms with Gasteiger partial charge in [0.25, 0.3) is 11.6 Å². The minimum Gasteiger partial charge on any atom is -0.467 e. The lowest BCUT2D eigenvalue weighted by atomic mass is 10.1. The molecule has 0 saturated heterocycles. The number of rotatable bonds is 5. The second kappa shape index (κ2) is 6.53. The van der Waals surface area contributed by atoms with Crippen molar-refractivity contribution < 1.29 is 14.1 Å². The summed E-state index contributed by atoms with van der Waals surface area (Å²) in [6, 6.07) is 7.66. The highest BCUT2D eigenvalue weighted by atomic mass is 79.9. The number of nitro benzene ring substituents is 1. The zero-order valence-electron chi connectivity index (χ0n) is 11.3. The number of carbonyl (C=O) groups is 1. The van der Waals surface area contributed by atoms with E-state index < -0.39 is 4.92 Å². The first-order chi connectivity index (χ1) is 10.0. The zero-order valence-corrected chi connectivity index (χ0v) is 12.9. The van der Waals surface area contributed by atoms with Gasteiger partial charge in [-0.25, -0.2) is 0 Å². The average molecular weight is 353 g/mol. The summed E-state index contributed by atoms with van der Waals surface area (Å²) in [6.45, 7) is 2.62. The number of hydrogen-bond donors (Lipinski definition) is 0. The molecule has 0 aliphatic rings. The van der Waals surface area contributed by atoms with E-state index in [0.29, 0.717) is 23.3 Å². The van der Waals surface area contributed by atoms with Crippen LogP contribution in [0.2, 0.25) is 0 Å². The molecule has 0 fully saturated rings. The molecule has 0 N–H and O–H groups in total. The van der Waals surface area contributed by atoms with Gasteiger partial charge in [0.15, 0.2) is 0 Å². The number of nitro groups is 1. The molecule has 21 heavy (non-hydrogen) atoms. The molecule has 1 aromatic heterocycles. The summed E-state index contributed by atoms with van der Waals surface area (Å²) in [5.41, 5.74) is 0.146. The van der Waals surface area contributed by atoms with E-state index >= 15 is 0 Å². The van der Waals surface area contributed by atoms with Crippen molar-refractivity contribution >= 4 is 27.5 Å². The molecule has 0 saturated carbocycles. The molecule has 1 aromatic carbocycles. The van der Waals surface area contributed by atoms with Crippen molar-refractivity contribution in [3.8, 4) is 0 Å². The minimum atomic E-state index is -0.522. The molecular weight excluding hydrogens is 340 g/mol. The van der Waals surface area contributed by atoms with Crippen LogP contribution < -0.4 is 0 Å². The maximum absolute atomic E-state index is 12.5. The number of nitrogens with zero attached hydrogens (tertiary/aromatic N) is 2. The SMILES string of the molecule is CCN(Cc1ccco1)C(=O)c1cc([N+](=O)[O-])ccc1Br. The number of halogens is 1. The van der Waals surface area contributed by atoms with Crippen molar-refractivity contribution in [2.75, 3.05) is 6.54 Å². The maximum atomic E-state index is 12.5. The van der Waals surface area contributed by atoms with Crippen molar-refractivity contribution in [1.29, 1.82) is 0 Å². The first-order valence-electron chi connectivity index (χ1n) is 6.28. The summed E-state index contributed by atoms with van der Waals surface area (Å²) in [4.78, 5) is 24.4. The van der Waals surface area contributed by atoms with Crippen LogP contribution in [-0.4, -0.2) is 22.3 Å². The smallest absolute Gasteiger partial charge is 0.270 e. The highest BCUT2D eigenvalue weighted by molar-refractivity contribution is 9.10. The monoisotopic (exact) mass is 352 g/mol. The Kier molecular flexibility index (Phi) is 4.74. The van der Waals surface area contributed by atoms with E-state index in [1.54, 1.807) is 17.0 Å². The van der Waals surface area contributed by atoms with Crippen LogP contribution in [0.5, 0.6) is 0 Å². The predicted octanol–water partition coefficient (Wildman–Crippen LogP) is 3.61. The number of hydrogen-bond acceptors (Lipinski definition) is 4. The van der Waals surface area contributed by atoms with Gasteiger partial charge in [-0.1, -0.05) is 0 Å². The summed E-state index contributed by atoms with van der Waals surface area (Å²) in [5.74, 6) is 0.372. The lowest BCUT2D eigenvalue weighted by Crippen LogP contribution is -2.30. The summed E-state index contributed by atoms with van der Waals surface area (Å²) in [6.07, 6.45) is 1.54. The van der Waals surface area contributed by atoms with E-state index in [0.717, 1.165) is 0 Å². The molecule has 0 unspecified atom stereocenters. The molecule has 6 nitrogen and oxygen atoms in total. The van der Waals surface area contributed by atoms with Crippen LogP contribution >= 0.6 is 15.9 Å². The van der Waals surface area contributed by atoms with Crippen molar-refractivity contribution in [2.24, 2.45) is 0 Å². The first-order valence-corrected chi connectivity index (χ1v) is 7.07. The number of non-ortho nitro benzene ring substituents is 1. The number of amides is 1. The third kappa shape index (κ3) is 3.49. The standard InChI is InChI=1S/C14H13BrN2O4/c1-2-16(9-11-4-3-7-21-11)14(18)12-8-10(17(19)20)5-6-13(12)15/h3-8H,2,9H2,1H3. The van der Waals surface area contributed by atoms with Crippen molar-refractivity contribution in [1.82, 2.24) is 4.90 Å². The van der Waals surface area contributed by atoms with Gasteiger partial charge >= 0.3 is 0 Å². The quantitative estimate of drug-likeness (QED) is 0.608. The van der Waals surface area contributed by atoms with Gasteiger partial charge in [-0.2, -0.15) is 0 Å². The fraction of sp³-hybridized carbons (Fsp3) is 0.214. The molecule has 0 bridgehead atoms. The topological polar surface area (TPSA) is 76.6 Å². The minimum absolute atomic E-state index is 0.115. The van der Waals surface area contributed by atoms with Crippen molar-refractivity contribution in [2.45, 2.75) is 13.5 Å². The second-order valence-electron chi connectivity index (χ2n) is 4.32. The molecule has 0 spiro atoms. The van der Waals surface area contributed by atoms with Gasteiger partial charge in [-0.05, 0) is 41.1 Å². The predicted molar refractivity (Wildman–Crippen MR) is 79.9 cm³/mol. The van der Waals surface area contributed by atoms with Crippen molar-refractivity contribution in [3.05, 3.63) is 62.5 Å². The molecule has 1 heterocycles. The Labute approximate surface area is 129 Å². The van der Waals surface area contributed by atoms with E-state index in [9.17, 15) is 14.9 Å². The Morgan fingerprint density at radius 3 is 2.76 bits per heavy atom. The molecule has 2 aromatic rings. The van der Waals surface area contributed by atoms with Crippen LogP contribution in [0.1, 0.15) is 23.0 Å². The molecule has 2 rings (SSSR count). The van der Waals surface area contributed by atoms with Gasteiger partial charge in [0.2, 0.25) is 0 Å². The summed E-state index contributed by atoms with van der Waals surface area (Å²) in [5, 5.41) is 10.8. The Bertz CT molecular complexity index is 655. The van der Waals surface area contributed by atoms with Gasteiger partial charge in [-0.3, -0.25) is 14.9 Å². The fourth-order valence-corrected chi connectivity index (χ4v) is 2.30. The van der Waals surface area contributed by atoms with Crippen LogP contribution in [-0.2, 0) is 6.54 Å². The second-order valence-corrected chi connectivity index (χ2v) is 5.17. The first kappa shape index (κ1) is 15.2. The normalized spacial score (nSPS) is 10.4. The highest BCUT2D eigenvalue weighted by Crippen LogP contribution is 2.24. The van der Waals surface area contributed by atoms with Gasteiger partial charge in [-0.15, -0.1) is 0 Å². The summed E-state index contributed by atoms with van der Waals surface area (Å²) < 4.78 is 5.75. The zero-order chi connectivity index (χ0) is 15.4. The molecular formula is C14H13BrN2O4. The van der Waals surface area contributed by atoms with Gasteiger partial charge in [0.05, 0.1) is 23.3 Å². The molecule has 7 heteroatoms. The molecule has 0 atom stereocenters. The summed E-state index contributed by atoms with van der Waals surface area (Å²) in [7, 11) is 0. The average Bonchev–Trinajstić information content (AvgIpc) is 2.97. The Morgan fingerprint density at radius 2 is 2.19 bits per heavy atom. The van der Waals surface area contributed by atoms with E-state index in [2.05, 4.69) is 15.9 Å². The van der Waals surface area contributed by atoms with E-state index in [1.165, 1.54) is 24.5 Å². The van der Waals surface area contributed by atoms with Crippen LogP contribution in [0.25, 0.3) is 0 Å². The Balaban J connectivity index is 2.28. The third-order valence-electron chi connectivity index (χ3n) is 2.99. The molecule has 0 aliphatic heterocycles. The molecule has 0 aliphatic carbocycles. The maximum Gasteiger partial charge on any atom is 0.270 e. The lowest BCUT2D eigenvalue weighted by Gasteiger charge is -2.20. The van der Waals surface area contributed by atoms with Crippen LogP contribution in [0.4, 0.5) is 5.69 Å². The Hall–Kier alpha value is -2.15. The number of carbonyl (C=O) groups excluding carboxylic acids is 1. The van der Waals surface area contributed by atoms with E-state index in [-0.39, 0.29) is 17.2 Å². The van der Waals surface area contributed by atoms with Crippen LogP contribution in [0.3, 0.4) is 0 Å². The van der Waals surface area contributed by atoms with Gasteiger partial charge < -0.3 is 9.32 Å². The molecule has 110 valence electrons. The largest absolute Gasteiger partial charge is 0.467 e. The molecule has 0 radical (unpaired) electrons. The molecule has 1 amide bonds. The van der Waals surface area contributed by atoms with Crippen LogP contribution in [0, 0.1) is 10.1 Å². The Morgan fingerprint density at radius 1 is 1.43 bits per heavy atom. The number of benzene rings is 1. The van der Waals surface area contributed by atoms with Gasteiger partial charge in [0, 0.05) is 23.2 Å². The van der Waals surface area contributed by atoms with Crippen molar-refractivity contribution in [3.63, 3.8) is 0 Å². The van der Waals surface area contributed by atoms with E-state index in [4.69, 9.17) is 4.42 Å². The lowest BCUT2D eigenvalue weighted by molar-refractivity contribution is -0.384. The summed E-state index contributed by atoms with van der Waals surface area (Å²) >= 11 is 3.26. The van der Waals surface area contributed by atoms with Crippen LogP contribution in [0.15, 0.2) is 45.5 Å². The third-order valence-corrected chi connectivity index (χ3v) is 3.68. The van der Waals surface area contributed by atoms with E-state index in [1.807, 2.05) is 6.92 Å². The number of furan rings is 1.